The van der Waals surface area contributed by atoms with E-state index in [0.717, 1.165) is 5.56 Å². The summed E-state index contributed by atoms with van der Waals surface area (Å²) < 4.78 is 74.1. The van der Waals surface area contributed by atoms with Crippen LogP contribution in [0.3, 0.4) is 0 Å². The molecule has 0 aliphatic carbocycles. The van der Waals surface area contributed by atoms with E-state index in [4.69, 9.17) is 4.74 Å². The molecule has 3 aromatic rings. The molecule has 1 aliphatic rings. The third-order valence-electron chi connectivity index (χ3n) is 4.73. The molecule has 1 unspecified atom stereocenters. The summed E-state index contributed by atoms with van der Waals surface area (Å²) >= 11 is 0. The minimum Gasteiger partial charge on any atom is -0.497 e. The van der Waals surface area contributed by atoms with Crippen LogP contribution in [0.4, 0.5) is 19.1 Å². The van der Waals surface area contributed by atoms with Crippen molar-refractivity contribution in [3.05, 3.63) is 48.0 Å². The first-order valence-electron chi connectivity index (χ1n) is 8.35. The molecule has 0 spiro atoms. The standard InChI is InChI=1S/C18H16F3N3O3S/c1-11-3-6-13(7-4-11)28(25,26)24-16(18(19,20)21)10-23-15-8-5-12(27-2)9-14(15)22-17(23)24/h3-9,16H,10H2,1-2H3. The number of aryl methyl sites for hydroxylation is 1. The van der Waals surface area contributed by atoms with Crippen LogP contribution in [0.1, 0.15) is 5.56 Å². The molecule has 0 bridgehead atoms. The first kappa shape index (κ1) is 18.6. The monoisotopic (exact) mass is 411 g/mol. The van der Waals surface area contributed by atoms with Crippen LogP contribution in [0.25, 0.3) is 11.0 Å². The number of rotatable bonds is 3. The molecule has 4 rings (SSSR count). The fourth-order valence-electron chi connectivity index (χ4n) is 3.29. The molecule has 10 heteroatoms. The first-order chi connectivity index (χ1) is 13.1. The molecule has 1 aliphatic heterocycles. The number of aromatic nitrogens is 2. The third-order valence-corrected chi connectivity index (χ3v) is 6.53. The van der Waals surface area contributed by atoms with Crippen molar-refractivity contribution in [3.8, 4) is 5.75 Å². The van der Waals surface area contributed by atoms with Crippen molar-refractivity contribution in [3.63, 3.8) is 0 Å². The minimum atomic E-state index is -4.75. The van der Waals surface area contributed by atoms with Gasteiger partial charge in [-0.2, -0.15) is 13.2 Å². The lowest BCUT2D eigenvalue weighted by Crippen LogP contribution is -2.47. The lowest BCUT2D eigenvalue weighted by Gasteiger charge is -2.26. The van der Waals surface area contributed by atoms with Crippen molar-refractivity contribution < 1.29 is 26.3 Å². The van der Waals surface area contributed by atoms with Crippen LogP contribution >= 0.6 is 0 Å². The van der Waals surface area contributed by atoms with Gasteiger partial charge in [0, 0.05) is 6.07 Å². The van der Waals surface area contributed by atoms with E-state index >= 15 is 0 Å². The van der Waals surface area contributed by atoms with E-state index in [0.29, 0.717) is 21.1 Å². The zero-order chi connectivity index (χ0) is 20.3. The van der Waals surface area contributed by atoms with Crippen molar-refractivity contribution in [2.24, 2.45) is 0 Å². The highest BCUT2D eigenvalue weighted by Crippen LogP contribution is 2.41. The highest BCUT2D eigenvalue weighted by Gasteiger charge is 2.54. The highest BCUT2D eigenvalue weighted by molar-refractivity contribution is 7.92. The topological polar surface area (TPSA) is 64.4 Å². The number of sulfonamides is 1. The first-order valence-corrected chi connectivity index (χ1v) is 9.79. The number of hydrogen-bond acceptors (Lipinski definition) is 4. The maximum atomic E-state index is 13.7. The molecule has 2 aromatic carbocycles. The normalized spacial score (nSPS) is 17.2. The van der Waals surface area contributed by atoms with Crippen LogP contribution in [-0.4, -0.2) is 37.3 Å². The Morgan fingerprint density at radius 1 is 1.14 bits per heavy atom. The molecule has 1 atom stereocenters. The lowest BCUT2D eigenvalue weighted by molar-refractivity contribution is -0.145. The second-order valence-corrected chi connectivity index (χ2v) is 8.36. The van der Waals surface area contributed by atoms with Crippen LogP contribution in [0.15, 0.2) is 47.4 Å². The molecule has 0 N–H and O–H groups in total. The van der Waals surface area contributed by atoms with E-state index in [1.807, 2.05) is 0 Å². The van der Waals surface area contributed by atoms with Gasteiger partial charge in [0.2, 0.25) is 5.95 Å². The van der Waals surface area contributed by atoms with Crippen molar-refractivity contribution >= 4 is 27.0 Å². The summed E-state index contributed by atoms with van der Waals surface area (Å²) in [5.74, 6) is 0.218. The van der Waals surface area contributed by atoms with Crippen LogP contribution in [-0.2, 0) is 16.6 Å². The largest absolute Gasteiger partial charge is 0.497 e. The Balaban J connectivity index is 1.92. The number of imidazole rings is 1. The molecule has 0 radical (unpaired) electrons. The second-order valence-electron chi connectivity index (χ2n) is 6.55. The van der Waals surface area contributed by atoms with Gasteiger partial charge in [0.05, 0.1) is 29.6 Å². The maximum absolute atomic E-state index is 13.7. The van der Waals surface area contributed by atoms with Gasteiger partial charge in [-0.1, -0.05) is 17.7 Å². The average Bonchev–Trinajstić information content (AvgIpc) is 3.17. The Kier molecular flexibility index (Phi) is 4.07. The summed E-state index contributed by atoms with van der Waals surface area (Å²) in [4.78, 5) is 3.97. The van der Waals surface area contributed by atoms with E-state index in [1.54, 1.807) is 37.3 Å². The van der Waals surface area contributed by atoms with Crippen LogP contribution in [0, 0.1) is 6.92 Å². The van der Waals surface area contributed by atoms with Gasteiger partial charge >= 0.3 is 6.18 Å². The lowest BCUT2D eigenvalue weighted by atomic mass is 10.2. The summed E-state index contributed by atoms with van der Waals surface area (Å²) in [6.07, 6.45) is -4.75. The minimum absolute atomic E-state index is 0.217. The third kappa shape index (κ3) is 2.79. The maximum Gasteiger partial charge on any atom is 0.411 e. The van der Waals surface area contributed by atoms with Gasteiger partial charge in [0.25, 0.3) is 10.0 Å². The summed E-state index contributed by atoms with van der Waals surface area (Å²) in [5, 5.41) is 0. The van der Waals surface area contributed by atoms with Crippen LogP contribution < -0.4 is 9.04 Å². The Labute approximate surface area is 159 Å². The zero-order valence-electron chi connectivity index (χ0n) is 14.9. The van der Waals surface area contributed by atoms with Gasteiger partial charge in [-0.3, -0.25) is 0 Å². The molecule has 28 heavy (non-hydrogen) atoms. The molecule has 0 saturated heterocycles. The summed E-state index contributed by atoms with van der Waals surface area (Å²) in [6, 6.07) is 8.17. The number of anilines is 1. The van der Waals surface area contributed by atoms with Gasteiger partial charge in [-0.25, -0.2) is 17.7 Å². The number of halogens is 3. The smallest absolute Gasteiger partial charge is 0.411 e. The number of methoxy groups -OCH3 is 1. The summed E-state index contributed by atoms with van der Waals surface area (Å²) in [6.45, 7) is 1.20. The SMILES string of the molecule is COc1ccc2c(c1)nc1n2CC(C(F)(F)F)N1S(=O)(=O)c1ccc(C)cc1. The molecule has 6 nitrogen and oxygen atoms in total. The van der Waals surface area contributed by atoms with Gasteiger partial charge in [-0.15, -0.1) is 0 Å². The van der Waals surface area contributed by atoms with Crippen molar-refractivity contribution in [1.82, 2.24) is 9.55 Å². The molecular formula is C18H16F3N3O3S. The molecule has 148 valence electrons. The van der Waals surface area contributed by atoms with Gasteiger partial charge in [0.1, 0.15) is 5.75 Å². The van der Waals surface area contributed by atoms with E-state index in [-0.39, 0.29) is 10.8 Å². The molecular weight excluding hydrogens is 395 g/mol. The number of nitrogens with zero attached hydrogens (tertiary/aromatic N) is 3. The van der Waals surface area contributed by atoms with Crippen molar-refractivity contribution in [2.75, 3.05) is 11.4 Å². The molecule has 0 saturated carbocycles. The summed E-state index contributed by atoms with van der Waals surface area (Å²) in [7, 11) is -3.01. The van der Waals surface area contributed by atoms with E-state index in [9.17, 15) is 21.6 Å². The van der Waals surface area contributed by atoms with E-state index in [2.05, 4.69) is 4.98 Å². The van der Waals surface area contributed by atoms with E-state index < -0.39 is 28.8 Å². The Hall–Kier alpha value is -2.75. The second kappa shape index (κ2) is 6.13. The number of benzene rings is 2. The molecule has 0 amide bonds. The quantitative estimate of drug-likeness (QED) is 0.662. The Morgan fingerprint density at radius 3 is 2.43 bits per heavy atom. The summed E-state index contributed by atoms with van der Waals surface area (Å²) in [5.41, 5.74) is 1.57. The number of fused-ring (bicyclic) bond motifs is 3. The van der Waals surface area contributed by atoms with Gasteiger partial charge < -0.3 is 9.30 Å². The highest BCUT2D eigenvalue weighted by atomic mass is 32.2. The van der Waals surface area contributed by atoms with Crippen LogP contribution in [0.5, 0.6) is 5.75 Å². The van der Waals surface area contributed by atoms with Crippen LogP contribution in [0.2, 0.25) is 0 Å². The number of alkyl halides is 3. The van der Waals surface area contributed by atoms with Crippen molar-refractivity contribution in [2.45, 2.75) is 30.6 Å². The predicted molar refractivity (Wildman–Crippen MR) is 97.0 cm³/mol. The van der Waals surface area contributed by atoms with Gasteiger partial charge in [0.15, 0.2) is 6.04 Å². The van der Waals surface area contributed by atoms with E-state index in [1.165, 1.54) is 23.8 Å². The average molecular weight is 411 g/mol. The molecule has 2 heterocycles. The predicted octanol–water partition coefficient (Wildman–Crippen LogP) is 3.49. The number of ether oxygens (including phenoxy) is 1. The Morgan fingerprint density at radius 2 is 1.82 bits per heavy atom. The number of hydrogen-bond donors (Lipinski definition) is 0. The fraction of sp³-hybridized carbons (Fsp3) is 0.278. The fourth-order valence-corrected chi connectivity index (χ4v) is 4.88. The molecule has 0 fully saturated rings. The molecule has 1 aromatic heterocycles. The van der Waals surface area contributed by atoms with Gasteiger partial charge in [-0.05, 0) is 31.2 Å². The Bertz CT molecular complexity index is 1150. The van der Waals surface area contributed by atoms with Crippen molar-refractivity contribution in [1.29, 1.82) is 0 Å². The zero-order valence-corrected chi connectivity index (χ0v) is 15.8.